The summed E-state index contributed by atoms with van der Waals surface area (Å²) in [5, 5.41) is 5.05. The van der Waals surface area contributed by atoms with Gasteiger partial charge in [0.15, 0.2) is 0 Å². The standard InChI is InChI=1S/C39H29N/c1-26-18-23-35(36(25-26)28-12-4-3-5-13-28)38-33-16-8-6-14-31(33)37(32-15-7-9-17-34(32)38)29-19-21-30(22-20-29)39-27(2)11-10-24-40-39/h3-25H,1-2H3. The van der Waals surface area contributed by atoms with Crippen molar-refractivity contribution < 1.29 is 0 Å². The van der Waals surface area contributed by atoms with Gasteiger partial charge in [0.1, 0.15) is 0 Å². The van der Waals surface area contributed by atoms with Crippen LogP contribution in [0, 0.1) is 13.8 Å². The van der Waals surface area contributed by atoms with E-state index >= 15 is 0 Å². The highest BCUT2D eigenvalue weighted by Crippen LogP contribution is 2.46. The van der Waals surface area contributed by atoms with E-state index in [0.717, 1.165) is 11.3 Å². The van der Waals surface area contributed by atoms with Crippen LogP contribution in [0.5, 0.6) is 0 Å². The van der Waals surface area contributed by atoms with Crippen molar-refractivity contribution in [1.82, 2.24) is 4.98 Å². The molecular weight excluding hydrogens is 482 g/mol. The average Bonchev–Trinajstić information content (AvgIpc) is 3.01. The Morgan fingerprint density at radius 2 is 1.00 bits per heavy atom. The lowest BCUT2D eigenvalue weighted by Gasteiger charge is -2.20. The predicted molar refractivity (Wildman–Crippen MR) is 170 cm³/mol. The van der Waals surface area contributed by atoms with E-state index in [0.29, 0.717) is 0 Å². The van der Waals surface area contributed by atoms with Crippen LogP contribution >= 0.6 is 0 Å². The molecule has 0 unspecified atom stereocenters. The van der Waals surface area contributed by atoms with Crippen LogP contribution in [0.1, 0.15) is 11.1 Å². The summed E-state index contributed by atoms with van der Waals surface area (Å²) < 4.78 is 0. The number of pyridine rings is 1. The van der Waals surface area contributed by atoms with E-state index in [-0.39, 0.29) is 0 Å². The second kappa shape index (κ2) is 9.94. The molecule has 0 N–H and O–H groups in total. The van der Waals surface area contributed by atoms with Gasteiger partial charge in [-0.25, -0.2) is 0 Å². The molecule has 0 spiro atoms. The molecule has 0 bridgehead atoms. The van der Waals surface area contributed by atoms with Crippen molar-refractivity contribution in [1.29, 1.82) is 0 Å². The zero-order valence-corrected chi connectivity index (χ0v) is 22.7. The van der Waals surface area contributed by atoms with E-state index in [4.69, 9.17) is 0 Å². The van der Waals surface area contributed by atoms with Crippen molar-refractivity contribution in [2.75, 3.05) is 0 Å². The third kappa shape index (κ3) is 4.08. The number of rotatable bonds is 4. The van der Waals surface area contributed by atoms with Gasteiger partial charge in [-0.1, -0.05) is 133 Å². The number of benzene rings is 6. The Kier molecular flexibility index (Phi) is 5.98. The molecule has 0 aliphatic rings. The fraction of sp³-hybridized carbons (Fsp3) is 0.0513. The third-order valence-corrected chi connectivity index (χ3v) is 7.92. The van der Waals surface area contributed by atoms with Crippen LogP contribution in [0.15, 0.2) is 140 Å². The van der Waals surface area contributed by atoms with Crippen molar-refractivity contribution in [3.63, 3.8) is 0 Å². The second-order valence-electron chi connectivity index (χ2n) is 10.5. The summed E-state index contributed by atoms with van der Waals surface area (Å²) in [6.45, 7) is 4.29. The lowest BCUT2D eigenvalue weighted by molar-refractivity contribution is 1.27. The fourth-order valence-corrected chi connectivity index (χ4v) is 6.04. The summed E-state index contributed by atoms with van der Waals surface area (Å²) in [7, 11) is 0. The zero-order chi connectivity index (χ0) is 27.1. The normalized spacial score (nSPS) is 11.2. The monoisotopic (exact) mass is 511 g/mol. The molecule has 1 nitrogen and oxygen atoms in total. The van der Waals surface area contributed by atoms with Gasteiger partial charge in [-0.3, -0.25) is 4.98 Å². The Morgan fingerprint density at radius 3 is 1.62 bits per heavy atom. The number of hydrogen-bond acceptors (Lipinski definition) is 1. The van der Waals surface area contributed by atoms with Crippen molar-refractivity contribution in [3.05, 3.63) is 151 Å². The molecule has 0 radical (unpaired) electrons. The van der Waals surface area contributed by atoms with Crippen LogP contribution in [0.3, 0.4) is 0 Å². The first kappa shape index (κ1) is 24.1. The summed E-state index contributed by atoms with van der Waals surface area (Å²) in [4.78, 5) is 4.64. The highest BCUT2D eigenvalue weighted by molar-refractivity contribution is 6.22. The molecule has 0 fully saturated rings. The fourth-order valence-electron chi connectivity index (χ4n) is 6.04. The van der Waals surface area contributed by atoms with Gasteiger partial charge in [0.2, 0.25) is 0 Å². The van der Waals surface area contributed by atoms with E-state index in [9.17, 15) is 0 Å². The number of nitrogens with zero attached hydrogens (tertiary/aromatic N) is 1. The molecule has 1 heteroatoms. The maximum atomic E-state index is 4.64. The van der Waals surface area contributed by atoms with Gasteiger partial charge >= 0.3 is 0 Å². The number of aromatic nitrogens is 1. The molecule has 7 aromatic rings. The first-order valence-electron chi connectivity index (χ1n) is 13.8. The molecule has 0 aliphatic heterocycles. The van der Waals surface area contributed by atoms with E-state index in [2.05, 4.69) is 146 Å². The highest BCUT2D eigenvalue weighted by Gasteiger charge is 2.19. The van der Waals surface area contributed by atoms with Gasteiger partial charge < -0.3 is 0 Å². The van der Waals surface area contributed by atoms with Crippen molar-refractivity contribution >= 4 is 21.5 Å². The van der Waals surface area contributed by atoms with Gasteiger partial charge in [-0.2, -0.15) is 0 Å². The van der Waals surface area contributed by atoms with Crippen LogP contribution in [-0.4, -0.2) is 4.98 Å². The molecule has 190 valence electrons. The number of fused-ring (bicyclic) bond motifs is 2. The first-order chi connectivity index (χ1) is 19.7. The smallest absolute Gasteiger partial charge is 0.0731 e. The summed E-state index contributed by atoms with van der Waals surface area (Å²) in [5.41, 5.74) is 12.1. The molecule has 0 saturated carbocycles. The average molecular weight is 512 g/mol. The van der Waals surface area contributed by atoms with E-state index < -0.39 is 0 Å². The summed E-state index contributed by atoms with van der Waals surface area (Å²) >= 11 is 0. The minimum Gasteiger partial charge on any atom is -0.256 e. The zero-order valence-electron chi connectivity index (χ0n) is 22.7. The number of hydrogen-bond donors (Lipinski definition) is 0. The SMILES string of the molecule is Cc1ccc(-c2c3ccccc3c(-c3ccc(-c4ncccc4C)cc3)c3ccccc23)c(-c2ccccc2)c1. The largest absolute Gasteiger partial charge is 0.256 e. The van der Waals surface area contributed by atoms with Gasteiger partial charge in [0, 0.05) is 11.8 Å². The molecule has 6 aromatic carbocycles. The van der Waals surface area contributed by atoms with Crippen LogP contribution in [0.4, 0.5) is 0 Å². The third-order valence-electron chi connectivity index (χ3n) is 7.92. The number of aryl methyl sites for hydroxylation is 2. The molecule has 1 heterocycles. The quantitative estimate of drug-likeness (QED) is 0.214. The van der Waals surface area contributed by atoms with Gasteiger partial charge in [-0.05, 0) is 80.4 Å². The van der Waals surface area contributed by atoms with E-state index in [1.165, 1.54) is 66.1 Å². The van der Waals surface area contributed by atoms with Gasteiger partial charge in [-0.15, -0.1) is 0 Å². The highest BCUT2D eigenvalue weighted by atomic mass is 14.7. The van der Waals surface area contributed by atoms with E-state index in [1.807, 2.05) is 12.3 Å². The molecule has 0 amide bonds. The second-order valence-corrected chi connectivity index (χ2v) is 10.5. The Morgan fingerprint density at radius 1 is 0.425 bits per heavy atom. The lowest BCUT2D eigenvalue weighted by atomic mass is 9.83. The maximum absolute atomic E-state index is 4.64. The van der Waals surface area contributed by atoms with Crippen molar-refractivity contribution in [3.8, 4) is 44.6 Å². The minimum absolute atomic E-state index is 1.03. The molecule has 1 aromatic heterocycles. The Labute approximate surface area is 235 Å². The van der Waals surface area contributed by atoms with Crippen LogP contribution in [-0.2, 0) is 0 Å². The molecular formula is C39H29N. The molecule has 7 rings (SSSR count). The topological polar surface area (TPSA) is 12.9 Å². The predicted octanol–water partition coefficient (Wildman–Crippen LogP) is 10.7. The molecule has 0 saturated heterocycles. The molecule has 0 atom stereocenters. The lowest BCUT2D eigenvalue weighted by Crippen LogP contribution is -1.93. The van der Waals surface area contributed by atoms with Crippen LogP contribution in [0.25, 0.3) is 66.2 Å². The Hall–Kier alpha value is -5.01. The summed E-state index contributed by atoms with van der Waals surface area (Å²) in [6, 6.07) is 48.3. The maximum Gasteiger partial charge on any atom is 0.0731 e. The van der Waals surface area contributed by atoms with Gasteiger partial charge in [0.25, 0.3) is 0 Å². The first-order valence-corrected chi connectivity index (χ1v) is 13.8. The Balaban J connectivity index is 1.51. The van der Waals surface area contributed by atoms with Crippen molar-refractivity contribution in [2.45, 2.75) is 13.8 Å². The summed E-state index contributed by atoms with van der Waals surface area (Å²) in [6.07, 6.45) is 1.87. The van der Waals surface area contributed by atoms with Crippen LogP contribution < -0.4 is 0 Å². The molecule has 0 aliphatic carbocycles. The Bertz CT molecular complexity index is 1940. The van der Waals surface area contributed by atoms with Crippen LogP contribution in [0.2, 0.25) is 0 Å². The molecule has 40 heavy (non-hydrogen) atoms. The van der Waals surface area contributed by atoms with Crippen molar-refractivity contribution in [2.24, 2.45) is 0 Å². The van der Waals surface area contributed by atoms with E-state index in [1.54, 1.807) is 0 Å². The summed E-state index contributed by atoms with van der Waals surface area (Å²) in [5.74, 6) is 0. The van der Waals surface area contributed by atoms with Gasteiger partial charge in [0.05, 0.1) is 5.69 Å². The minimum atomic E-state index is 1.03.